The number of nitrogens with one attached hydrogen (secondary N) is 1. The van der Waals surface area contributed by atoms with Gasteiger partial charge in [-0.3, -0.25) is 4.79 Å². The molecule has 1 aliphatic rings. The molecule has 2 N–H and O–H groups in total. The maximum atomic E-state index is 12.1. The number of aliphatic hydroxyl groups is 1. The molecule has 0 amide bonds. The number of hydrogen-bond acceptors (Lipinski definition) is 6. The average Bonchev–Trinajstić information content (AvgIpc) is 3.31. The van der Waals surface area contributed by atoms with Crippen LogP contribution in [0.2, 0.25) is 0 Å². The number of rotatable bonds is 14. The maximum absolute atomic E-state index is 12.1. The van der Waals surface area contributed by atoms with Gasteiger partial charge in [-0.2, -0.15) is 4.89 Å². The molecule has 3 atom stereocenters. The molecule has 2 heterocycles. The lowest BCUT2D eigenvalue weighted by Crippen LogP contribution is -2.13. The second-order valence-electron chi connectivity index (χ2n) is 9.08. The molecular formula is C25H38N4O4. The predicted molar refractivity (Wildman–Crippen MR) is 129 cm³/mol. The van der Waals surface area contributed by atoms with Crippen LogP contribution >= 0.6 is 0 Å². The van der Waals surface area contributed by atoms with Gasteiger partial charge in [0.1, 0.15) is 11.6 Å². The third-order valence-electron chi connectivity index (χ3n) is 6.45. The van der Waals surface area contributed by atoms with E-state index in [9.17, 15) is 9.90 Å². The quantitative estimate of drug-likeness (QED) is 0.137. The second-order valence-corrected chi connectivity index (χ2v) is 9.08. The van der Waals surface area contributed by atoms with Crippen LogP contribution in [-0.2, 0) is 9.78 Å². The first-order valence-corrected chi connectivity index (χ1v) is 12.2. The lowest BCUT2D eigenvalue weighted by atomic mass is 9.94. The number of fused-ring (bicyclic) bond motifs is 1. The monoisotopic (exact) mass is 458 g/mol. The highest BCUT2D eigenvalue weighted by Crippen LogP contribution is 2.42. The summed E-state index contributed by atoms with van der Waals surface area (Å²) in [5, 5.41) is 10.7. The standard InChI is InChI=1S/C25H38N4O4/c1-5-6-11-14-32-33-17(2)12-9-7-8-10-13-20-18(3)21(15-22(20)30)29-16-26-23-24(29)27-19(4)28-25(23)31/h16,20-22,30H,2-3,5-15H2,1,4H3,(H,27,28,31)/t20-,21-,22-/m0/s1. The van der Waals surface area contributed by atoms with Crippen LogP contribution in [0.1, 0.15) is 83.0 Å². The lowest BCUT2D eigenvalue weighted by molar-refractivity contribution is -0.264. The predicted octanol–water partition coefficient (Wildman–Crippen LogP) is 4.90. The maximum Gasteiger partial charge on any atom is 0.279 e. The van der Waals surface area contributed by atoms with Gasteiger partial charge in [0, 0.05) is 12.3 Å². The number of aliphatic hydroxyl groups excluding tert-OH is 1. The van der Waals surface area contributed by atoms with Crippen LogP contribution in [0.3, 0.4) is 0 Å². The molecule has 8 heteroatoms. The minimum Gasteiger partial charge on any atom is -0.392 e. The van der Waals surface area contributed by atoms with Gasteiger partial charge in [0.05, 0.1) is 25.1 Å². The average molecular weight is 459 g/mol. The molecule has 0 aliphatic heterocycles. The lowest BCUT2D eigenvalue weighted by Gasteiger charge is -2.17. The molecule has 3 rings (SSSR count). The Morgan fingerprint density at radius 2 is 2.06 bits per heavy atom. The Morgan fingerprint density at radius 3 is 2.85 bits per heavy atom. The fourth-order valence-electron chi connectivity index (χ4n) is 4.59. The molecule has 1 aliphatic carbocycles. The molecule has 0 spiro atoms. The summed E-state index contributed by atoms with van der Waals surface area (Å²) in [7, 11) is 0. The number of hydrogen-bond donors (Lipinski definition) is 2. The van der Waals surface area contributed by atoms with E-state index in [1.165, 1.54) is 0 Å². The van der Waals surface area contributed by atoms with E-state index < -0.39 is 6.10 Å². The normalized spacial score (nSPS) is 20.6. The number of imidazole rings is 1. The van der Waals surface area contributed by atoms with Gasteiger partial charge in [-0.1, -0.05) is 52.2 Å². The molecular weight excluding hydrogens is 420 g/mol. The summed E-state index contributed by atoms with van der Waals surface area (Å²) in [6.45, 7) is 12.7. The van der Waals surface area contributed by atoms with Crippen LogP contribution in [0.15, 0.2) is 35.6 Å². The van der Waals surface area contributed by atoms with Crippen molar-refractivity contribution in [1.29, 1.82) is 0 Å². The van der Waals surface area contributed by atoms with E-state index in [0.717, 1.165) is 63.4 Å². The Balaban J connectivity index is 1.40. The van der Waals surface area contributed by atoms with E-state index in [4.69, 9.17) is 9.78 Å². The van der Waals surface area contributed by atoms with E-state index in [0.29, 0.717) is 35.8 Å². The zero-order valence-electron chi connectivity index (χ0n) is 20.0. The van der Waals surface area contributed by atoms with Gasteiger partial charge in [-0.15, -0.1) is 0 Å². The van der Waals surface area contributed by atoms with E-state index in [-0.39, 0.29) is 17.5 Å². The van der Waals surface area contributed by atoms with Gasteiger partial charge < -0.3 is 19.5 Å². The first-order valence-electron chi connectivity index (χ1n) is 12.2. The molecule has 0 aromatic carbocycles. The van der Waals surface area contributed by atoms with E-state index in [2.05, 4.69) is 35.0 Å². The largest absolute Gasteiger partial charge is 0.392 e. The van der Waals surface area contributed by atoms with Crippen molar-refractivity contribution in [3.8, 4) is 0 Å². The molecule has 0 radical (unpaired) electrons. The summed E-state index contributed by atoms with van der Waals surface area (Å²) in [4.78, 5) is 33.9. The van der Waals surface area contributed by atoms with Crippen molar-refractivity contribution >= 4 is 11.2 Å². The van der Waals surface area contributed by atoms with Gasteiger partial charge in [0.15, 0.2) is 11.2 Å². The minimum absolute atomic E-state index is 0.0466. The molecule has 8 nitrogen and oxygen atoms in total. The van der Waals surface area contributed by atoms with Crippen molar-refractivity contribution in [2.24, 2.45) is 5.92 Å². The number of allylic oxidation sites excluding steroid dienone is 1. The highest BCUT2D eigenvalue weighted by Gasteiger charge is 2.37. The topological polar surface area (TPSA) is 102 Å². The number of aryl methyl sites for hydroxylation is 1. The van der Waals surface area contributed by atoms with E-state index >= 15 is 0 Å². The first-order chi connectivity index (χ1) is 15.9. The Kier molecular flexibility index (Phi) is 9.26. The summed E-state index contributed by atoms with van der Waals surface area (Å²) in [5.41, 5.74) is 1.62. The summed E-state index contributed by atoms with van der Waals surface area (Å²) in [6, 6.07) is -0.0958. The van der Waals surface area contributed by atoms with Crippen molar-refractivity contribution < 1.29 is 14.9 Å². The summed E-state index contributed by atoms with van der Waals surface area (Å²) in [6.07, 6.45) is 11.0. The van der Waals surface area contributed by atoms with Crippen LogP contribution in [0.5, 0.6) is 0 Å². The van der Waals surface area contributed by atoms with Gasteiger partial charge in [-0.25, -0.2) is 9.97 Å². The van der Waals surface area contributed by atoms with Gasteiger partial charge in [-0.05, 0) is 38.2 Å². The number of H-pyrrole nitrogens is 1. The van der Waals surface area contributed by atoms with Crippen molar-refractivity contribution in [3.05, 3.63) is 47.0 Å². The Morgan fingerprint density at radius 1 is 1.27 bits per heavy atom. The van der Waals surface area contributed by atoms with Gasteiger partial charge >= 0.3 is 0 Å². The van der Waals surface area contributed by atoms with Crippen molar-refractivity contribution in [2.45, 2.75) is 90.2 Å². The highest BCUT2D eigenvalue weighted by atomic mass is 17.2. The van der Waals surface area contributed by atoms with E-state index in [1.807, 2.05) is 4.57 Å². The first kappa shape index (κ1) is 25.2. The highest BCUT2D eigenvalue weighted by molar-refractivity contribution is 5.69. The SMILES string of the molecule is C=C(CCCCCC[C@H]1C(=C)[C@@H](n2cnc3c(=O)[nH]c(C)nc32)C[C@@H]1O)OOCCCCC. The molecule has 33 heavy (non-hydrogen) atoms. The van der Waals surface area contributed by atoms with Crippen LogP contribution in [0.25, 0.3) is 11.2 Å². The molecule has 2 aromatic rings. The number of aromatic nitrogens is 4. The molecule has 0 saturated heterocycles. The van der Waals surface area contributed by atoms with Crippen LogP contribution < -0.4 is 5.56 Å². The second kappa shape index (κ2) is 12.1. The number of nitrogens with zero attached hydrogens (tertiary/aromatic N) is 3. The smallest absolute Gasteiger partial charge is 0.279 e. The zero-order valence-corrected chi connectivity index (χ0v) is 20.0. The summed E-state index contributed by atoms with van der Waals surface area (Å²) < 4.78 is 1.89. The number of unbranched alkanes of at least 4 members (excludes halogenated alkanes) is 5. The summed E-state index contributed by atoms with van der Waals surface area (Å²) in [5.74, 6) is 1.28. The van der Waals surface area contributed by atoms with Crippen molar-refractivity contribution in [2.75, 3.05) is 6.61 Å². The molecule has 182 valence electrons. The van der Waals surface area contributed by atoms with Crippen LogP contribution in [-0.4, -0.2) is 37.3 Å². The Labute approximate surface area is 195 Å². The van der Waals surface area contributed by atoms with E-state index in [1.54, 1.807) is 13.3 Å². The molecule has 1 fully saturated rings. The van der Waals surface area contributed by atoms with Gasteiger partial charge in [0.2, 0.25) is 0 Å². The molecule has 0 unspecified atom stereocenters. The number of aromatic amines is 1. The van der Waals surface area contributed by atoms with Crippen LogP contribution in [0, 0.1) is 12.8 Å². The zero-order chi connectivity index (χ0) is 23.8. The molecule has 1 saturated carbocycles. The summed E-state index contributed by atoms with van der Waals surface area (Å²) >= 11 is 0. The van der Waals surface area contributed by atoms with Crippen molar-refractivity contribution in [1.82, 2.24) is 19.5 Å². The fourth-order valence-corrected chi connectivity index (χ4v) is 4.59. The third-order valence-corrected chi connectivity index (χ3v) is 6.45. The molecule has 0 bridgehead atoms. The third kappa shape index (κ3) is 6.54. The van der Waals surface area contributed by atoms with Gasteiger partial charge in [0.25, 0.3) is 5.56 Å². The van der Waals surface area contributed by atoms with Crippen molar-refractivity contribution in [3.63, 3.8) is 0 Å². The fraction of sp³-hybridized carbons (Fsp3) is 0.640. The Bertz CT molecular complexity index is 996. The Hall–Kier alpha value is -2.45. The minimum atomic E-state index is -0.443. The van der Waals surface area contributed by atoms with Crippen LogP contribution in [0.4, 0.5) is 0 Å². The molecule has 2 aromatic heterocycles.